The topological polar surface area (TPSA) is 37.8 Å². The predicted octanol–water partition coefficient (Wildman–Crippen LogP) is 3.10. The van der Waals surface area contributed by atoms with Gasteiger partial charge in [-0.3, -0.25) is 0 Å². The summed E-state index contributed by atoms with van der Waals surface area (Å²) in [5, 5.41) is 3.37. The molecule has 1 aromatic heterocycles. The van der Waals surface area contributed by atoms with Crippen LogP contribution in [0.1, 0.15) is 56.6 Å². The third-order valence-electron chi connectivity index (χ3n) is 3.61. The van der Waals surface area contributed by atoms with Crippen LogP contribution in [0.3, 0.4) is 0 Å². The van der Waals surface area contributed by atoms with Crippen LogP contribution in [0.15, 0.2) is 12.3 Å². The molecule has 86 valence electrons. The van der Waals surface area contributed by atoms with E-state index in [1.54, 1.807) is 0 Å². The number of nitrogens with one attached hydrogen (secondary N) is 1. The fourth-order valence-corrected chi connectivity index (χ4v) is 2.48. The van der Waals surface area contributed by atoms with E-state index in [1.807, 2.05) is 6.20 Å². The minimum atomic E-state index is 0.640. The molecule has 0 aliphatic heterocycles. The Labute approximate surface area is 96.7 Å². The van der Waals surface area contributed by atoms with Crippen LogP contribution < -0.4 is 5.32 Å². The number of aromatic nitrogens is 2. The summed E-state index contributed by atoms with van der Waals surface area (Å²) in [4.78, 5) is 8.95. The van der Waals surface area contributed by atoms with Crippen LogP contribution >= 0.6 is 0 Å². The maximum atomic E-state index is 4.65. The van der Waals surface area contributed by atoms with Gasteiger partial charge in [0.05, 0.1) is 0 Å². The first-order chi connectivity index (χ1) is 7.92. The average molecular weight is 217 g/mol. The molecule has 0 bridgehead atoms. The van der Waals surface area contributed by atoms with E-state index in [9.17, 15) is 0 Å². The second kappa shape index (κ2) is 4.40. The Morgan fingerprint density at radius 2 is 1.88 bits per heavy atom. The largest absolute Gasteiger partial charge is 0.351 e. The zero-order valence-electron chi connectivity index (χ0n) is 9.65. The molecule has 0 radical (unpaired) electrons. The lowest BCUT2D eigenvalue weighted by Crippen LogP contribution is -2.10. The molecule has 1 N–H and O–H groups in total. The van der Waals surface area contributed by atoms with Gasteiger partial charge in [0.2, 0.25) is 5.95 Å². The van der Waals surface area contributed by atoms with Crippen LogP contribution in [0.2, 0.25) is 0 Å². The number of hydrogen-bond acceptors (Lipinski definition) is 3. The Bertz CT molecular complexity index is 354. The highest BCUT2D eigenvalue weighted by Crippen LogP contribution is 2.32. The van der Waals surface area contributed by atoms with Crippen molar-refractivity contribution >= 4 is 5.95 Å². The van der Waals surface area contributed by atoms with E-state index in [0.29, 0.717) is 12.0 Å². The van der Waals surface area contributed by atoms with E-state index in [0.717, 1.165) is 5.95 Å². The SMILES string of the molecule is c1cc(C2CCCCC2)nc(NC2CC2)n1. The highest BCUT2D eigenvalue weighted by Gasteiger charge is 2.22. The molecule has 3 nitrogen and oxygen atoms in total. The zero-order valence-corrected chi connectivity index (χ0v) is 9.65. The second-order valence-corrected chi connectivity index (χ2v) is 5.06. The fraction of sp³-hybridized carbons (Fsp3) is 0.692. The van der Waals surface area contributed by atoms with Gasteiger partial charge in [-0.2, -0.15) is 0 Å². The van der Waals surface area contributed by atoms with Gasteiger partial charge < -0.3 is 5.32 Å². The molecule has 2 saturated carbocycles. The summed E-state index contributed by atoms with van der Waals surface area (Å²) in [5.74, 6) is 1.52. The molecule has 1 heterocycles. The van der Waals surface area contributed by atoms with Crippen LogP contribution in [-0.2, 0) is 0 Å². The molecule has 3 rings (SSSR count). The van der Waals surface area contributed by atoms with Crippen molar-refractivity contribution in [1.82, 2.24) is 9.97 Å². The van der Waals surface area contributed by atoms with Gasteiger partial charge >= 0.3 is 0 Å². The molecule has 0 atom stereocenters. The van der Waals surface area contributed by atoms with E-state index in [1.165, 1.54) is 50.6 Å². The van der Waals surface area contributed by atoms with E-state index in [-0.39, 0.29) is 0 Å². The maximum absolute atomic E-state index is 4.65. The van der Waals surface area contributed by atoms with Crippen LogP contribution in [0, 0.1) is 0 Å². The average Bonchev–Trinajstić information content (AvgIpc) is 3.15. The summed E-state index contributed by atoms with van der Waals surface area (Å²) in [7, 11) is 0. The van der Waals surface area contributed by atoms with Crippen molar-refractivity contribution in [3.63, 3.8) is 0 Å². The van der Waals surface area contributed by atoms with Gasteiger partial charge in [-0.25, -0.2) is 9.97 Å². The Hall–Kier alpha value is -1.12. The Morgan fingerprint density at radius 1 is 1.06 bits per heavy atom. The smallest absolute Gasteiger partial charge is 0.223 e. The summed E-state index contributed by atoms with van der Waals surface area (Å²) in [6.07, 6.45) is 11.2. The first-order valence-corrected chi connectivity index (χ1v) is 6.51. The third-order valence-corrected chi connectivity index (χ3v) is 3.61. The van der Waals surface area contributed by atoms with Crippen LogP contribution in [0.4, 0.5) is 5.95 Å². The summed E-state index contributed by atoms with van der Waals surface area (Å²) in [5.41, 5.74) is 1.25. The molecule has 0 unspecified atom stereocenters. The first-order valence-electron chi connectivity index (χ1n) is 6.51. The number of nitrogens with zero attached hydrogens (tertiary/aromatic N) is 2. The number of hydrogen-bond donors (Lipinski definition) is 1. The summed E-state index contributed by atoms with van der Waals surface area (Å²) >= 11 is 0. The molecular weight excluding hydrogens is 198 g/mol. The van der Waals surface area contributed by atoms with Gasteiger partial charge in [0, 0.05) is 23.9 Å². The molecule has 3 heteroatoms. The minimum absolute atomic E-state index is 0.640. The van der Waals surface area contributed by atoms with Crippen molar-refractivity contribution in [2.24, 2.45) is 0 Å². The first kappa shape index (κ1) is 10.1. The van der Waals surface area contributed by atoms with Crippen LogP contribution in [-0.4, -0.2) is 16.0 Å². The van der Waals surface area contributed by atoms with Gasteiger partial charge in [0.1, 0.15) is 0 Å². The molecule has 2 aliphatic carbocycles. The molecule has 0 amide bonds. The van der Waals surface area contributed by atoms with Crippen molar-refractivity contribution in [2.75, 3.05) is 5.32 Å². The molecular formula is C13H19N3. The number of anilines is 1. The van der Waals surface area contributed by atoms with E-state index < -0.39 is 0 Å². The quantitative estimate of drug-likeness (QED) is 0.845. The Kier molecular flexibility index (Phi) is 2.77. The molecule has 1 aromatic rings. The summed E-state index contributed by atoms with van der Waals surface area (Å²) < 4.78 is 0. The minimum Gasteiger partial charge on any atom is -0.351 e. The van der Waals surface area contributed by atoms with Gasteiger partial charge in [0.25, 0.3) is 0 Å². The maximum Gasteiger partial charge on any atom is 0.223 e. The lowest BCUT2D eigenvalue weighted by molar-refractivity contribution is 0.436. The van der Waals surface area contributed by atoms with Crippen molar-refractivity contribution in [3.05, 3.63) is 18.0 Å². The van der Waals surface area contributed by atoms with Crippen molar-refractivity contribution in [1.29, 1.82) is 0 Å². The van der Waals surface area contributed by atoms with Crippen LogP contribution in [0.5, 0.6) is 0 Å². The molecule has 16 heavy (non-hydrogen) atoms. The van der Waals surface area contributed by atoms with Crippen molar-refractivity contribution in [3.8, 4) is 0 Å². The summed E-state index contributed by atoms with van der Waals surface area (Å²) in [6.45, 7) is 0. The highest BCUT2D eigenvalue weighted by atomic mass is 15.1. The van der Waals surface area contributed by atoms with E-state index in [4.69, 9.17) is 0 Å². The van der Waals surface area contributed by atoms with E-state index >= 15 is 0 Å². The Morgan fingerprint density at radius 3 is 2.62 bits per heavy atom. The Balaban J connectivity index is 1.72. The molecule has 2 fully saturated rings. The molecule has 0 saturated heterocycles. The van der Waals surface area contributed by atoms with Gasteiger partial charge in [-0.05, 0) is 31.7 Å². The fourth-order valence-electron chi connectivity index (χ4n) is 2.48. The zero-order chi connectivity index (χ0) is 10.8. The van der Waals surface area contributed by atoms with Gasteiger partial charge in [-0.1, -0.05) is 19.3 Å². The third kappa shape index (κ3) is 2.34. The highest BCUT2D eigenvalue weighted by molar-refractivity contribution is 5.29. The normalized spacial score (nSPS) is 22.0. The lowest BCUT2D eigenvalue weighted by atomic mass is 9.87. The van der Waals surface area contributed by atoms with Crippen molar-refractivity contribution < 1.29 is 0 Å². The van der Waals surface area contributed by atoms with E-state index in [2.05, 4.69) is 21.4 Å². The van der Waals surface area contributed by atoms with Crippen LogP contribution in [0.25, 0.3) is 0 Å². The monoisotopic (exact) mass is 217 g/mol. The lowest BCUT2D eigenvalue weighted by Gasteiger charge is -2.21. The molecule has 0 spiro atoms. The number of rotatable bonds is 3. The molecule has 0 aromatic carbocycles. The second-order valence-electron chi connectivity index (χ2n) is 5.06. The van der Waals surface area contributed by atoms with Crippen molar-refractivity contribution in [2.45, 2.75) is 56.9 Å². The van der Waals surface area contributed by atoms with Gasteiger partial charge in [-0.15, -0.1) is 0 Å². The molecule has 2 aliphatic rings. The standard InChI is InChI=1S/C13H19N3/c1-2-4-10(5-3-1)12-8-9-14-13(16-12)15-11-6-7-11/h8-11H,1-7H2,(H,14,15,16). The predicted molar refractivity (Wildman–Crippen MR) is 64.5 cm³/mol. The summed E-state index contributed by atoms with van der Waals surface area (Å²) in [6, 6.07) is 2.73. The van der Waals surface area contributed by atoms with Gasteiger partial charge in [0.15, 0.2) is 0 Å².